The van der Waals surface area contributed by atoms with Gasteiger partial charge in [0, 0.05) is 12.4 Å². The molecule has 3 rings (SSSR count). The minimum atomic E-state index is 0.109. The number of nitrogens with zero attached hydrogens (tertiary/aromatic N) is 5. The van der Waals surface area contributed by atoms with Gasteiger partial charge in [-0.25, -0.2) is 14.6 Å². The molecule has 1 saturated heterocycles. The van der Waals surface area contributed by atoms with E-state index < -0.39 is 0 Å². The molecule has 0 bridgehead atoms. The van der Waals surface area contributed by atoms with Gasteiger partial charge >= 0.3 is 0 Å². The molecular weight excluding hydrogens is 300 g/mol. The average molecular weight is 311 g/mol. The lowest BCUT2D eigenvalue weighted by atomic mass is 10.2. The number of rotatable bonds is 3. The van der Waals surface area contributed by atoms with Gasteiger partial charge in [-0.1, -0.05) is 5.21 Å². The Morgan fingerprint density at radius 1 is 1.44 bits per heavy atom. The van der Waals surface area contributed by atoms with Crippen LogP contribution in [0.4, 0.5) is 5.82 Å². The second-order valence-electron chi connectivity index (χ2n) is 3.96. The first kappa shape index (κ1) is 11.5. The third kappa shape index (κ3) is 2.21. The molecule has 0 unspecified atom stereocenters. The Kier molecular flexibility index (Phi) is 3.20. The molecule has 18 heavy (non-hydrogen) atoms. The number of ether oxygens (including phenoxy) is 1. The highest BCUT2D eigenvalue weighted by Crippen LogP contribution is 2.25. The molecule has 0 radical (unpaired) electrons. The lowest BCUT2D eigenvalue weighted by molar-refractivity contribution is 0.183. The lowest BCUT2D eigenvalue weighted by Crippen LogP contribution is -2.31. The zero-order chi connectivity index (χ0) is 12.4. The minimum Gasteiger partial charge on any atom is -0.377 e. The van der Waals surface area contributed by atoms with Crippen LogP contribution in [0.3, 0.4) is 0 Å². The Hall–Kier alpha value is -1.54. The second-order valence-corrected chi connectivity index (χ2v) is 4.81. The van der Waals surface area contributed by atoms with Crippen molar-refractivity contribution >= 4 is 21.7 Å². The van der Waals surface area contributed by atoms with Crippen molar-refractivity contribution in [1.82, 2.24) is 25.0 Å². The van der Waals surface area contributed by atoms with E-state index in [1.165, 1.54) is 6.33 Å². The predicted octanol–water partition coefficient (Wildman–Crippen LogP) is 0.883. The molecule has 8 heteroatoms. The van der Waals surface area contributed by atoms with Gasteiger partial charge in [-0.15, -0.1) is 5.10 Å². The fourth-order valence-corrected chi connectivity index (χ4v) is 2.27. The molecule has 7 nitrogen and oxygen atoms in total. The summed E-state index contributed by atoms with van der Waals surface area (Å²) in [7, 11) is 0. The fraction of sp³-hybridized carbons (Fsp3) is 0.400. The summed E-state index contributed by atoms with van der Waals surface area (Å²) in [5, 5.41) is 11.2. The van der Waals surface area contributed by atoms with Gasteiger partial charge in [0.15, 0.2) is 0 Å². The number of hydrogen-bond donors (Lipinski definition) is 1. The number of anilines is 1. The number of hydrogen-bond acceptors (Lipinski definition) is 6. The van der Waals surface area contributed by atoms with Gasteiger partial charge < -0.3 is 10.1 Å². The first-order valence-corrected chi connectivity index (χ1v) is 6.29. The molecule has 1 aliphatic rings. The van der Waals surface area contributed by atoms with Gasteiger partial charge in [0.05, 0.1) is 36.0 Å². The topological polar surface area (TPSA) is 77.8 Å². The van der Waals surface area contributed by atoms with Crippen molar-refractivity contribution in [3.05, 3.63) is 29.4 Å². The van der Waals surface area contributed by atoms with Crippen LogP contribution in [0.5, 0.6) is 0 Å². The maximum Gasteiger partial charge on any atom is 0.144 e. The van der Waals surface area contributed by atoms with Crippen molar-refractivity contribution in [2.24, 2.45) is 0 Å². The summed E-state index contributed by atoms with van der Waals surface area (Å²) in [6.07, 6.45) is 6.71. The summed E-state index contributed by atoms with van der Waals surface area (Å²) >= 11 is 3.41. The lowest BCUT2D eigenvalue weighted by Gasteiger charge is -2.19. The maximum atomic E-state index is 5.50. The molecule has 94 valence electrons. The van der Waals surface area contributed by atoms with E-state index in [-0.39, 0.29) is 12.1 Å². The van der Waals surface area contributed by atoms with Crippen LogP contribution >= 0.6 is 15.9 Å². The Labute approximate surface area is 112 Å². The van der Waals surface area contributed by atoms with Crippen molar-refractivity contribution in [3.63, 3.8) is 0 Å². The van der Waals surface area contributed by atoms with Crippen LogP contribution in [0.15, 0.2) is 29.4 Å². The molecule has 2 aromatic rings. The molecule has 0 spiro atoms. The Balaban J connectivity index is 1.78. The highest BCUT2D eigenvalue weighted by Gasteiger charge is 2.30. The smallest absolute Gasteiger partial charge is 0.144 e. The van der Waals surface area contributed by atoms with Crippen molar-refractivity contribution in [2.75, 3.05) is 18.5 Å². The van der Waals surface area contributed by atoms with Gasteiger partial charge in [0.2, 0.25) is 0 Å². The molecule has 0 amide bonds. The third-order valence-electron chi connectivity index (χ3n) is 2.82. The molecule has 0 aliphatic carbocycles. The van der Waals surface area contributed by atoms with Crippen molar-refractivity contribution in [3.8, 4) is 0 Å². The monoisotopic (exact) mass is 310 g/mol. The van der Waals surface area contributed by atoms with Gasteiger partial charge in [0.25, 0.3) is 0 Å². The molecule has 2 aromatic heterocycles. The Bertz CT molecular complexity index is 519. The van der Waals surface area contributed by atoms with Crippen molar-refractivity contribution < 1.29 is 4.74 Å². The predicted molar refractivity (Wildman–Crippen MR) is 67.0 cm³/mol. The molecule has 3 heterocycles. The fourth-order valence-electron chi connectivity index (χ4n) is 1.93. The quantitative estimate of drug-likeness (QED) is 0.907. The minimum absolute atomic E-state index is 0.109. The molecule has 1 fully saturated rings. The van der Waals surface area contributed by atoms with Crippen molar-refractivity contribution in [1.29, 1.82) is 0 Å². The van der Waals surface area contributed by atoms with Crippen molar-refractivity contribution in [2.45, 2.75) is 12.1 Å². The van der Waals surface area contributed by atoms with Crippen LogP contribution in [0.25, 0.3) is 0 Å². The summed E-state index contributed by atoms with van der Waals surface area (Å²) in [5.41, 5.74) is 0. The van der Waals surface area contributed by atoms with Crippen LogP contribution in [0.2, 0.25) is 0 Å². The van der Waals surface area contributed by atoms with E-state index in [0.29, 0.717) is 13.2 Å². The van der Waals surface area contributed by atoms with E-state index >= 15 is 0 Å². The van der Waals surface area contributed by atoms with E-state index in [1.807, 2.05) is 6.20 Å². The zero-order valence-electron chi connectivity index (χ0n) is 9.40. The normalized spacial score (nSPS) is 23.2. The number of nitrogens with one attached hydrogen (secondary N) is 1. The summed E-state index contributed by atoms with van der Waals surface area (Å²) in [6, 6.07) is 0.229. The number of aromatic nitrogens is 5. The summed E-state index contributed by atoms with van der Waals surface area (Å²) in [5.74, 6) is 0.755. The molecule has 1 N–H and O–H groups in total. The van der Waals surface area contributed by atoms with E-state index in [4.69, 9.17) is 4.74 Å². The molecular formula is C10H11BrN6O. The first-order chi connectivity index (χ1) is 8.84. The third-order valence-corrected chi connectivity index (χ3v) is 3.40. The first-order valence-electron chi connectivity index (χ1n) is 5.50. The average Bonchev–Trinajstić information content (AvgIpc) is 3.02. The standard InChI is InChI=1S/C10H11BrN6O/c11-7-3-12-6-13-10(7)15-8-4-18-5-9(8)17-2-1-14-16-17/h1-3,6,8-9H,4-5H2,(H,12,13,15)/t8-,9+/m0/s1. The second kappa shape index (κ2) is 4.99. The van der Waals surface area contributed by atoms with Gasteiger partial charge in [0.1, 0.15) is 12.1 Å². The van der Waals surface area contributed by atoms with Crippen LogP contribution in [-0.2, 0) is 4.74 Å². The van der Waals surface area contributed by atoms with E-state index in [1.54, 1.807) is 17.1 Å². The van der Waals surface area contributed by atoms with Crippen LogP contribution < -0.4 is 5.32 Å². The summed E-state index contributed by atoms with van der Waals surface area (Å²) in [6.45, 7) is 1.23. The zero-order valence-corrected chi connectivity index (χ0v) is 11.0. The maximum absolute atomic E-state index is 5.50. The van der Waals surface area contributed by atoms with E-state index in [2.05, 4.69) is 41.5 Å². The molecule has 1 aliphatic heterocycles. The van der Waals surface area contributed by atoms with Crippen LogP contribution in [0.1, 0.15) is 6.04 Å². The van der Waals surface area contributed by atoms with Crippen LogP contribution in [-0.4, -0.2) is 44.2 Å². The molecule has 0 saturated carbocycles. The highest BCUT2D eigenvalue weighted by molar-refractivity contribution is 9.10. The van der Waals surface area contributed by atoms with Crippen LogP contribution in [0, 0.1) is 0 Å². The largest absolute Gasteiger partial charge is 0.377 e. The summed E-state index contributed by atoms with van der Waals surface area (Å²) < 4.78 is 8.13. The SMILES string of the molecule is Brc1cncnc1N[C@H]1COC[C@H]1n1ccnn1. The molecule has 2 atom stereocenters. The van der Waals surface area contributed by atoms with Gasteiger partial charge in [-0.3, -0.25) is 0 Å². The van der Waals surface area contributed by atoms with Gasteiger partial charge in [-0.05, 0) is 15.9 Å². The Morgan fingerprint density at radius 3 is 3.17 bits per heavy atom. The van der Waals surface area contributed by atoms with E-state index in [9.17, 15) is 0 Å². The highest BCUT2D eigenvalue weighted by atomic mass is 79.9. The Morgan fingerprint density at radius 2 is 2.39 bits per heavy atom. The summed E-state index contributed by atoms with van der Waals surface area (Å²) in [4.78, 5) is 8.12. The molecule has 0 aromatic carbocycles. The van der Waals surface area contributed by atoms with E-state index in [0.717, 1.165) is 10.3 Å². The number of halogens is 1. The van der Waals surface area contributed by atoms with Gasteiger partial charge in [-0.2, -0.15) is 0 Å².